The standard InChI is InChI=1S/C18H29N5O.HI/c1-12(2)9-22-7-6-20-17(22)8-21-18(19-3)23-10-13-14(11-23)16-5-4-15(13)24-16;/h6-7,12-16H,4-5,8-11H2,1-3H3,(H,19,21);1H. The number of aliphatic imine (C=N–C) groups is 1. The fraction of sp³-hybridized carbons (Fsp3) is 0.778. The van der Waals surface area contributed by atoms with Gasteiger partial charge in [0.1, 0.15) is 5.82 Å². The molecule has 140 valence electrons. The number of guanidine groups is 1. The number of fused-ring (bicyclic) bond motifs is 5. The van der Waals surface area contributed by atoms with E-state index in [9.17, 15) is 0 Å². The summed E-state index contributed by atoms with van der Waals surface area (Å²) in [4.78, 5) is 11.4. The van der Waals surface area contributed by atoms with E-state index in [1.54, 1.807) is 0 Å². The van der Waals surface area contributed by atoms with Gasteiger partial charge in [-0.25, -0.2) is 4.98 Å². The van der Waals surface area contributed by atoms with Crippen LogP contribution in [0.5, 0.6) is 0 Å². The maximum Gasteiger partial charge on any atom is 0.194 e. The lowest BCUT2D eigenvalue weighted by molar-refractivity contribution is 0.0767. The molecule has 0 amide bonds. The molecule has 1 aromatic rings. The van der Waals surface area contributed by atoms with Gasteiger partial charge in [-0.05, 0) is 18.8 Å². The molecule has 3 saturated heterocycles. The lowest BCUT2D eigenvalue weighted by Gasteiger charge is -2.23. The van der Waals surface area contributed by atoms with Crippen molar-refractivity contribution in [1.29, 1.82) is 0 Å². The molecule has 7 heteroatoms. The highest BCUT2D eigenvalue weighted by molar-refractivity contribution is 14.0. The molecule has 4 unspecified atom stereocenters. The molecule has 2 bridgehead atoms. The third kappa shape index (κ3) is 3.67. The summed E-state index contributed by atoms with van der Waals surface area (Å²) < 4.78 is 8.31. The maximum atomic E-state index is 6.07. The van der Waals surface area contributed by atoms with Crippen LogP contribution in [0.2, 0.25) is 0 Å². The van der Waals surface area contributed by atoms with Gasteiger partial charge in [-0.15, -0.1) is 24.0 Å². The molecule has 1 N–H and O–H groups in total. The molecule has 1 aromatic heterocycles. The summed E-state index contributed by atoms with van der Waals surface area (Å²) in [6.07, 6.45) is 7.43. The van der Waals surface area contributed by atoms with Crippen LogP contribution in [0.1, 0.15) is 32.5 Å². The van der Waals surface area contributed by atoms with Gasteiger partial charge in [-0.2, -0.15) is 0 Å². The molecular weight excluding hydrogens is 429 g/mol. The molecule has 0 spiro atoms. The van der Waals surface area contributed by atoms with Crippen molar-refractivity contribution in [2.75, 3.05) is 20.1 Å². The van der Waals surface area contributed by atoms with E-state index >= 15 is 0 Å². The van der Waals surface area contributed by atoms with Crippen molar-refractivity contribution in [2.24, 2.45) is 22.7 Å². The number of nitrogens with one attached hydrogen (secondary N) is 1. The van der Waals surface area contributed by atoms with Gasteiger partial charge in [-0.3, -0.25) is 4.99 Å². The molecule has 4 heterocycles. The van der Waals surface area contributed by atoms with Crippen LogP contribution in [0.3, 0.4) is 0 Å². The van der Waals surface area contributed by atoms with Crippen LogP contribution < -0.4 is 5.32 Å². The van der Waals surface area contributed by atoms with Gasteiger partial charge in [0.15, 0.2) is 5.96 Å². The first kappa shape index (κ1) is 18.9. The van der Waals surface area contributed by atoms with E-state index < -0.39 is 0 Å². The summed E-state index contributed by atoms with van der Waals surface area (Å²) in [7, 11) is 1.88. The molecule has 0 aromatic carbocycles. The van der Waals surface area contributed by atoms with E-state index in [1.165, 1.54) is 12.8 Å². The molecule has 3 fully saturated rings. The Labute approximate surface area is 167 Å². The molecule has 6 nitrogen and oxygen atoms in total. The number of nitrogens with zero attached hydrogens (tertiary/aromatic N) is 4. The number of rotatable bonds is 4. The molecule has 0 saturated carbocycles. The molecular formula is C18H30IN5O. The second kappa shape index (κ2) is 7.82. The smallest absolute Gasteiger partial charge is 0.194 e. The van der Waals surface area contributed by atoms with E-state index in [2.05, 4.69) is 44.8 Å². The van der Waals surface area contributed by atoms with Crippen LogP contribution in [0.4, 0.5) is 0 Å². The second-order valence-corrected chi connectivity index (χ2v) is 7.81. The topological polar surface area (TPSA) is 54.7 Å². The monoisotopic (exact) mass is 459 g/mol. The highest BCUT2D eigenvalue weighted by atomic mass is 127. The van der Waals surface area contributed by atoms with Crippen molar-refractivity contribution in [3.8, 4) is 0 Å². The van der Waals surface area contributed by atoms with E-state index in [1.807, 2.05) is 13.2 Å². The zero-order chi connectivity index (χ0) is 16.7. The molecule has 0 radical (unpaired) electrons. The molecule has 4 rings (SSSR count). The third-order valence-corrected chi connectivity index (χ3v) is 5.73. The van der Waals surface area contributed by atoms with Gasteiger partial charge in [0.2, 0.25) is 0 Å². The Kier molecular flexibility index (Phi) is 5.92. The van der Waals surface area contributed by atoms with Crippen LogP contribution in [-0.2, 0) is 17.8 Å². The first-order valence-corrected chi connectivity index (χ1v) is 9.26. The largest absolute Gasteiger partial charge is 0.374 e. The second-order valence-electron chi connectivity index (χ2n) is 7.81. The van der Waals surface area contributed by atoms with Crippen LogP contribution >= 0.6 is 24.0 Å². The normalized spacial score (nSPS) is 30.7. The Bertz CT molecular complexity index is 598. The third-order valence-electron chi connectivity index (χ3n) is 5.73. The number of aromatic nitrogens is 2. The summed E-state index contributed by atoms with van der Waals surface area (Å²) in [5.74, 6) is 4.09. The Balaban J connectivity index is 0.00000182. The number of hydrogen-bond donors (Lipinski definition) is 1. The van der Waals surface area contributed by atoms with E-state index in [-0.39, 0.29) is 24.0 Å². The van der Waals surface area contributed by atoms with E-state index in [0.29, 0.717) is 30.0 Å². The zero-order valence-electron chi connectivity index (χ0n) is 15.4. The molecule has 4 atom stereocenters. The van der Waals surface area contributed by atoms with Crippen molar-refractivity contribution in [3.05, 3.63) is 18.2 Å². The highest BCUT2D eigenvalue weighted by Crippen LogP contribution is 2.47. The Morgan fingerprint density at radius 2 is 2.00 bits per heavy atom. The highest BCUT2D eigenvalue weighted by Gasteiger charge is 2.53. The Hall–Kier alpha value is -0.830. The fourth-order valence-corrected chi connectivity index (χ4v) is 4.69. The lowest BCUT2D eigenvalue weighted by Crippen LogP contribution is -2.41. The molecule has 3 aliphatic heterocycles. The first-order valence-electron chi connectivity index (χ1n) is 9.26. The summed E-state index contributed by atoms with van der Waals surface area (Å²) in [6, 6.07) is 0. The Morgan fingerprint density at radius 1 is 1.32 bits per heavy atom. The predicted octanol–water partition coefficient (Wildman–Crippen LogP) is 2.34. The summed E-state index contributed by atoms with van der Waals surface area (Å²) in [6.45, 7) is 8.34. The van der Waals surface area contributed by atoms with Crippen molar-refractivity contribution < 1.29 is 4.74 Å². The number of halogens is 1. The molecule has 25 heavy (non-hydrogen) atoms. The number of imidazole rings is 1. The summed E-state index contributed by atoms with van der Waals surface area (Å²) in [5.41, 5.74) is 0. The molecule has 3 aliphatic rings. The average Bonchev–Trinajstić information content (AvgIpc) is 3.29. The maximum absolute atomic E-state index is 6.07. The summed E-state index contributed by atoms with van der Waals surface area (Å²) >= 11 is 0. The number of ether oxygens (including phenoxy) is 1. The minimum atomic E-state index is 0. The van der Waals surface area contributed by atoms with Crippen LogP contribution in [0.25, 0.3) is 0 Å². The SMILES string of the molecule is CN=C(NCc1nccn1CC(C)C)N1CC2C3CCC(O3)C2C1.I. The Morgan fingerprint density at radius 3 is 2.60 bits per heavy atom. The minimum absolute atomic E-state index is 0. The van der Waals surface area contributed by atoms with Crippen molar-refractivity contribution in [1.82, 2.24) is 19.8 Å². The van der Waals surface area contributed by atoms with Gasteiger partial charge in [-0.1, -0.05) is 13.8 Å². The predicted molar refractivity (Wildman–Crippen MR) is 109 cm³/mol. The van der Waals surface area contributed by atoms with Crippen molar-refractivity contribution in [3.63, 3.8) is 0 Å². The number of hydrogen-bond acceptors (Lipinski definition) is 3. The van der Waals surface area contributed by atoms with Crippen LogP contribution in [-0.4, -0.2) is 52.8 Å². The van der Waals surface area contributed by atoms with Crippen LogP contribution in [0.15, 0.2) is 17.4 Å². The summed E-state index contributed by atoms with van der Waals surface area (Å²) in [5, 5.41) is 3.52. The zero-order valence-corrected chi connectivity index (χ0v) is 17.7. The van der Waals surface area contributed by atoms with E-state index in [0.717, 1.165) is 38.0 Å². The fourth-order valence-electron chi connectivity index (χ4n) is 4.69. The van der Waals surface area contributed by atoms with Gasteiger partial charge in [0, 0.05) is 50.9 Å². The van der Waals surface area contributed by atoms with Crippen molar-refractivity contribution >= 4 is 29.9 Å². The van der Waals surface area contributed by atoms with E-state index in [4.69, 9.17) is 4.74 Å². The van der Waals surface area contributed by atoms with Crippen LogP contribution in [0, 0.1) is 17.8 Å². The average molecular weight is 459 g/mol. The lowest BCUT2D eigenvalue weighted by atomic mass is 9.82. The number of likely N-dealkylation sites (tertiary alicyclic amines) is 1. The molecule has 0 aliphatic carbocycles. The van der Waals surface area contributed by atoms with Gasteiger partial charge in [0.25, 0.3) is 0 Å². The quantitative estimate of drug-likeness (QED) is 0.427. The van der Waals surface area contributed by atoms with Gasteiger partial charge >= 0.3 is 0 Å². The first-order chi connectivity index (χ1) is 11.7. The minimum Gasteiger partial charge on any atom is -0.374 e. The van der Waals surface area contributed by atoms with Gasteiger partial charge < -0.3 is 19.5 Å². The van der Waals surface area contributed by atoms with Crippen molar-refractivity contribution in [2.45, 2.75) is 52.0 Å². The van der Waals surface area contributed by atoms with Gasteiger partial charge in [0.05, 0.1) is 18.8 Å².